The highest BCUT2D eigenvalue weighted by molar-refractivity contribution is 6.10. The maximum absolute atomic E-state index is 13.8. The van der Waals surface area contributed by atoms with Gasteiger partial charge in [-0.3, -0.25) is 9.59 Å². The van der Waals surface area contributed by atoms with E-state index >= 15 is 0 Å². The van der Waals surface area contributed by atoms with Crippen molar-refractivity contribution in [2.75, 3.05) is 13.7 Å². The number of carbonyl (C=O) groups excluding carboxylic acids is 2. The lowest BCUT2D eigenvalue weighted by Gasteiger charge is -2.29. The van der Waals surface area contributed by atoms with Gasteiger partial charge in [-0.15, -0.1) is 0 Å². The van der Waals surface area contributed by atoms with Gasteiger partial charge in [0.15, 0.2) is 5.78 Å². The number of rotatable bonds is 5. The van der Waals surface area contributed by atoms with Crippen molar-refractivity contribution >= 4 is 17.3 Å². The summed E-state index contributed by atoms with van der Waals surface area (Å²) in [5.74, 6) is -2.08. The van der Waals surface area contributed by atoms with Crippen molar-refractivity contribution in [1.82, 2.24) is 0 Å². The molecule has 0 unspecified atom stereocenters. The number of halogens is 1. The van der Waals surface area contributed by atoms with Gasteiger partial charge in [0.05, 0.1) is 13.7 Å². The van der Waals surface area contributed by atoms with Crippen LogP contribution in [0, 0.1) is 11.7 Å². The number of allylic oxidation sites excluding steroid dienone is 2. The highest BCUT2D eigenvalue weighted by Gasteiger charge is 2.39. The van der Waals surface area contributed by atoms with Gasteiger partial charge in [0, 0.05) is 5.92 Å². The fraction of sp³-hybridized carbons (Fsp3) is 0.273. The molecule has 1 aliphatic rings. The van der Waals surface area contributed by atoms with Crippen molar-refractivity contribution in [3.63, 3.8) is 0 Å². The maximum Gasteiger partial charge on any atom is 0.317 e. The lowest BCUT2D eigenvalue weighted by molar-refractivity contribution is -0.151. The molecule has 0 fully saturated rings. The summed E-state index contributed by atoms with van der Waals surface area (Å²) < 4.78 is 24.1. The summed E-state index contributed by atoms with van der Waals surface area (Å²) in [6.07, 6.45) is 1.91. The molecule has 2 aromatic rings. The largest absolute Gasteiger partial charge is 0.497 e. The molecule has 0 spiro atoms. The standard InChI is InChI=1S/C22H21FO4/c1-3-27-22(25)21-19(15-7-4-8-17(23)10-15)12-16(13-20(21)24)14-6-5-9-18(11-14)26-2/h4-11,13,19,21H,3,12H2,1-2H3/t19-,21+/m1/s1. The molecule has 27 heavy (non-hydrogen) atoms. The van der Waals surface area contributed by atoms with E-state index in [0.717, 1.165) is 11.1 Å². The predicted molar refractivity (Wildman–Crippen MR) is 99.9 cm³/mol. The molecule has 0 bridgehead atoms. The van der Waals surface area contributed by atoms with Crippen LogP contribution in [0.3, 0.4) is 0 Å². The van der Waals surface area contributed by atoms with Crippen molar-refractivity contribution in [1.29, 1.82) is 0 Å². The molecule has 2 atom stereocenters. The number of hydrogen-bond acceptors (Lipinski definition) is 4. The highest BCUT2D eigenvalue weighted by atomic mass is 19.1. The summed E-state index contributed by atoms with van der Waals surface area (Å²) in [6.45, 7) is 1.88. The Morgan fingerprint density at radius 3 is 2.67 bits per heavy atom. The van der Waals surface area contributed by atoms with Gasteiger partial charge in [-0.2, -0.15) is 0 Å². The van der Waals surface area contributed by atoms with E-state index < -0.39 is 23.6 Å². The molecule has 0 aliphatic heterocycles. The Balaban J connectivity index is 2.03. The molecule has 0 radical (unpaired) electrons. The molecule has 0 aromatic heterocycles. The van der Waals surface area contributed by atoms with E-state index in [9.17, 15) is 14.0 Å². The number of benzene rings is 2. The minimum absolute atomic E-state index is 0.185. The molecular formula is C22H21FO4. The monoisotopic (exact) mass is 368 g/mol. The van der Waals surface area contributed by atoms with Gasteiger partial charge < -0.3 is 9.47 Å². The summed E-state index contributed by atoms with van der Waals surface area (Å²) in [5, 5.41) is 0. The lowest BCUT2D eigenvalue weighted by Crippen LogP contribution is -2.34. The van der Waals surface area contributed by atoms with Gasteiger partial charge >= 0.3 is 5.97 Å². The smallest absolute Gasteiger partial charge is 0.317 e. The second kappa shape index (κ2) is 8.16. The SMILES string of the molecule is CCOC(=O)[C@@H]1C(=O)C=C(c2cccc(OC)c2)C[C@@H]1c1cccc(F)c1. The summed E-state index contributed by atoms with van der Waals surface area (Å²) in [7, 11) is 1.58. The Labute approximate surface area is 157 Å². The van der Waals surface area contributed by atoms with Crippen molar-refractivity contribution in [3.05, 3.63) is 71.6 Å². The van der Waals surface area contributed by atoms with E-state index in [1.54, 1.807) is 26.2 Å². The van der Waals surface area contributed by atoms with Gasteiger partial charge in [-0.1, -0.05) is 24.3 Å². The molecule has 0 saturated heterocycles. The van der Waals surface area contributed by atoms with Crippen LogP contribution in [0.4, 0.5) is 4.39 Å². The number of ether oxygens (including phenoxy) is 2. The van der Waals surface area contributed by atoms with Crippen LogP contribution in [0.1, 0.15) is 30.4 Å². The van der Waals surface area contributed by atoms with Crippen LogP contribution in [0.5, 0.6) is 5.75 Å². The summed E-state index contributed by atoms with van der Waals surface area (Å²) in [4.78, 5) is 25.2. The maximum atomic E-state index is 13.8. The number of esters is 1. The first-order chi connectivity index (χ1) is 13.0. The third kappa shape index (κ3) is 4.08. The second-order valence-corrected chi connectivity index (χ2v) is 6.40. The van der Waals surface area contributed by atoms with Crippen LogP contribution >= 0.6 is 0 Å². The van der Waals surface area contributed by atoms with Gasteiger partial charge in [0.2, 0.25) is 0 Å². The van der Waals surface area contributed by atoms with Crippen molar-refractivity contribution in [3.8, 4) is 5.75 Å². The fourth-order valence-corrected chi connectivity index (χ4v) is 3.46. The minimum atomic E-state index is -0.971. The molecule has 1 aliphatic carbocycles. The predicted octanol–water partition coefficient (Wildman–Crippen LogP) is 4.15. The van der Waals surface area contributed by atoms with Crippen molar-refractivity contribution < 1.29 is 23.5 Å². The normalized spacial score (nSPS) is 19.4. The molecule has 4 nitrogen and oxygen atoms in total. The zero-order chi connectivity index (χ0) is 19.4. The van der Waals surface area contributed by atoms with Crippen LogP contribution in [-0.2, 0) is 14.3 Å². The summed E-state index contributed by atoms with van der Waals surface area (Å²) in [5.41, 5.74) is 2.23. The fourth-order valence-electron chi connectivity index (χ4n) is 3.46. The number of ketones is 1. The third-order valence-electron chi connectivity index (χ3n) is 4.72. The molecule has 2 aromatic carbocycles. The lowest BCUT2D eigenvalue weighted by atomic mass is 9.73. The average molecular weight is 368 g/mol. The van der Waals surface area contributed by atoms with Crippen molar-refractivity contribution in [2.45, 2.75) is 19.3 Å². The Bertz CT molecular complexity index is 887. The van der Waals surface area contributed by atoms with Gasteiger partial charge in [0.25, 0.3) is 0 Å². The van der Waals surface area contributed by atoms with E-state index in [4.69, 9.17) is 9.47 Å². The van der Waals surface area contributed by atoms with E-state index in [1.807, 2.05) is 24.3 Å². The van der Waals surface area contributed by atoms with E-state index in [0.29, 0.717) is 17.7 Å². The average Bonchev–Trinajstić information content (AvgIpc) is 2.67. The summed E-state index contributed by atoms with van der Waals surface area (Å²) in [6, 6.07) is 13.4. The Morgan fingerprint density at radius 2 is 1.96 bits per heavy atom. The molecule has 3 rings (SSSR count). The quantitative estimate of drug-likeness (QED) is 0.588. The van der Waals surface area contributed by atoms with Crippen LogP contribution < -0.4 is 4.74 Å². The molecule has 0 saturated carbocycles. The van der Waals surface area contributed by atoms with Crippen LogP contribution in [0.25, 0.3) is 5.57 Å². The van der Waals surface area contributed by atoms with Crippen LogP contribution in [0.15, 0.2) is 54.6 Å². The molecule has 5 heteroatoms. The first kappa shape index (κ1) is 18.8. The Kier molecular flexibility index (Phi) is 5.69. The Hall–Kier alpha value is -2.95. The number of methoxy groups -OCH3 is 1. The first-order valence-corrected chi connectivity index (χ1v) is 8.84. The highest BCUT2D eigenvalue weighted by Crippen LogP contribution is 2.40. The van der Waals surface area contributed by atoms with Gasteiger partial charge in [-0.25, -0.2) is 4.39 Å². The number of hydrogen-bond donors (Lipinski definition) is 0. The van der Waals surface area contributed by atoms with Gasteiger partial charge in [0.1, 0.15) is 17.5 Å². The van der Waals surface area contributed by atoms with Crippen LogP contribution in [-0.4, -0.2) is 25.5 Å². The van der Waals surface area contributed by atoms with Gasteiger partial charge in [-0.05, 0) is 60.4 Å². The van der Waals surface area contributed by atoms with E-state index in [2.05, 4.69) is 0 Å². The van der Waals surface area contributed by atoms with E-state index in [1.165, 1.54) is 18.2 Å². The topological polar surface area (TPSA) is 52.6 Å². The molecule has 0 N–H and O–H groups in total. The molecule has 0 heterocycles. The molecular weight excluding hydrogens is 347 g/mol. The van der Waals surface area contributed by atoms with Crippen molar-refractivity contribution in [2.24, 2.45) is 5.92 Å². The molecule has 140 valence electrons. The number of carbonyl (C=O) groups is 2. The third-order valence-corrected chi connectivity index (χ3v) is 4.72. The first-order valence-electron chi connectivity index (χ1n) is 8.84. The van der Waals surface area contributed by atoms with E-state index in [-0.39, 0.29) is 12.4 Å². The minimum Gasteiger partial charge on any atom is -0.497 e. The van der Waals surface area contributed by atoms with Crippen LogP contribution in [0.2, 0.25) is 0 Å². The molecule has 0 amide bonds. The Morgan fingerprint density at radius 1 is 1.19 bits per heavy atom. The zero-order valence-electron chi connectivity index (χ0n) is 15.3. The zero-order valence-corrected chi connectivity index (χ0v) is 15.3. The summed E-state index contributed by atoms with van der Waals surface area (Å²) >= 11 is 0. The second-order valence-electron chi connectivity index (χ2n) is 6.40.